The molecule has 0 saturated heterocycles. The van der Waals surface area contributed by atoms with Gasteiger partial charge in [-0.3, -0.25) is 4.79 Å². The van der Waals surface area contributed by atoms with Crippen LogP contribution in [0.1, 0.15) is 15.9 Å². The van der Waals surface area contributed by atoms with Gasteiger partial charge in [-0.1, -0.05) is 34.8 Å². The molecule has 0 atom stereocenters. The van der Waals surface area contributed by atoms with Crippen LogP contribution in [0.2, 0.25) is 15.1 Å². The Hall–Kier alpha value is -1.22. The molecule has 0 saturated carbocycles. The van der Waals surface area contributed by atoms with Crippen molar-refractivity contribution in [3.05, 3.63) is 62.6 Å². The lowest BCUT2D eigenvalue weighted by Gasteiger charge is -2.06. The maximum absolute atomic E-state index is 12.2. The quantitative estimate of drug-likeness (QED) is 0.657. The average molecular weight is 301 g/mol. The molecule has 0 aliphatic carbocycles. The van der Waals surface area contributed by atoms with Crippen molar-refractivity contribution in [2.75, 3.05) is 5.73 Å². The molecule has 0 bridgehead atoms. The summed E-state index contributed by atoms with van der Waals surface area (Å²) in [5.41, 5.74) is 6.77. The summed E-state index contributed by atoms with van der Waals surface area (Å²) in [6, 6.07) is 9.41. The molecule has 0 radical (unpaired) electrons. The third-order valence-corrected chi connectivity index (χ3v) is 3.33. The van der Waals surface area contributed by atoms with Gasteiger partial charge in [0.1, 0.15) is 0 Å². The van der Waals surface area contributed by atoms with E-state index in [1.165, 1.54) is 12.1 Å². The minimum Gasteiger partial charge on any atom is -0.398 e. The predicted octanol–water partition coefficient (Wildman–Crippen LogP) is 4.46. The van der Waals surface area contributed by atoms with E-state index in [-0.39, 0.29) is 5.78 Å². The fourth-order valence-corrected chi connectivity index (χ4v) is 2.05. The molecule has 2 rings (SSSR count). The van der Waals surface area contributed by atoms with E-state index in [2.05, 4.69) is 0 Å². The van der Waals surface area contributed by atoms with Gasteiger partial charge < -0.3 is 5.73 Å². The summed E-state index contributed by atoms with van der Waals surface area (Å²) in [6.45, 7) is 0. The Labute approximate surface area is 119 Å². The van der Waals surface area contributed by atoms with Crippen LogP contribution in [0.5, 0.6) is 0 Å². The van der Waals surface area contributed by atoms with Crippen LogP contribution in [0.15, 0.2) is 36.4 Å². The fourth-order valence-electron chi connectivity index (χ4n) is 1.50. The van der Waals surface area contributed by atoms with E-state index in [0.717, 1.165) is 0 Å². The van der Waals surface area contributed by atoms with Crippen molar-refractivity contribution >= 4 is 46.3 Å². The minimum absolute atomic E-state index is 0.246. The zero-order valence-corrected chi connectivity index (χ0v) is 11.4. The van der Waals surface area contributed by atoms with Gasteiger partial charge in [0, 0.05) is 16.1 Å². The first kappa shape index (κ1) is 13.2. The van der Waals surface area contributed by atoms with Crippen LogP contribution < -0.4 is 5.73 Å². The molecule has 0 aliphatic rings. The highest BCUT2D eigenvalue weighted by Crippen LogP contribution is 2.26. The number of benzene rings is 2. The van der Waals surface area contributed by atoms with E-state index >= 15 is 0 Å². The molecule has 2 N–H and O–H groups in total. The largest absolute Gasteiger partial charge is 0.398 e. The molecule has 92 valence electrons. The van der Waals surface area contributed by atoms with Crippen LogP contribution in [0.4, 0.5) is 5.69 Å². The van der Waals surface area contributed by atoms with Crippen LogP contribution in [0.3, 0.4) is 0 Å². The van der Waals surface area contributed by atoms with E-state index in [1.807, 2.05) is 0 Å². The highest BCUT2D eigenvalue weighted by atomic mass is 35.5. The lowest BCUT2D eigenvalue weighted by atomic mass is 10.0. The number of halogens is 3. The molecule has 0 aromatic heterocycles. The number of carbonyl (C=O) groups excluding carboxylic acids is 1. The summed E-state index contributed by atoms with van der Waals surface area (Å²) in [7, 11) is 0. The standard InChI is InChI=1S/C13H8Cl3NO/c14-8-2-3-10(15)9(6-8)13(18)7-1-4-12(17)11(16)5-7/h1-6H,17H2. The Balaban J connectivity index is 2.47. The lowest BCUT2D eigenvalue weighted by Crippen LogP contribution is -2.03. The van der Waals surface area contributed by atoms with Crippen LogP contribution in [0.25, 0.3) is 0 Å². The Bertz CT molecular complexity index is 626. The number of nitrogen functional groups attached to an aromatic ring is 1. The van der Waals surface area contributed by atoms with E-state index in [1.54, 1.807) is 24.3 Å². The number of nitrogens with two attached hydrogens (primary N) is 1. The molecule has 2 aromatic carbocycles. The highest BCUT2D eigenvalue weighted by molar-refractivity contribution is 6.37. The molecule has 5 heteroatoms. The summed E-state index contributed by atoms with van der Waals surface area (Å²) in [5.74, 6) is -0.246. The SMILES string of the molecule is Nc1ccc(C(=O)c2cc(Cl)ccc2Cl)cc1Cl. The topological polar surface area (TPSA) is 43.1 Å². The second-order valence-electron chi connectivity index (χ2n) is 3.69. The zero-order valence-electron chi connectivity index (χ0n) is 9.08. The molecule has 0 aliphatic heterocycles. The molecule has 2 nitrogen and oxygen atoms in total. The first-order chi connectivity index (χ1) is 8.49. The van der Waals surface area contributed by atoms with E-state index < -0.39 is 0 Å². The van der Waals surface area contributed by atoms with Gasteiger partial charge in [0.2, 0.25) is 0 Å². The predicted molar refractivity (Wildman–Crippen MR) is 75.8 cm³/mol. The van der Waals surface area contributed by atoms with Crippen LogP contribution in [-0.4, -0.2) is 5.78 Å². The van der Waals surface area contributed by atoms with Gasteiger partial charge in [-0.05, 0) is 36.4 Å². The Kier molecular flexibility index (Phi) is 3.81. The third kappa shape index (κ3) is 2.61. The molecular weight excluding hydrogens is 293 g/mol. The Morgan fingerprint density at radius 2 is 1.67 bits per heavy atom. The van der Waals surface area contributed by atoms with Gasteiger partial charge in [-0.2, -0.15) is 0 Å². The second kappa shape index (κ2) is 5.19. The number of anilines is 1. The summed E-state index contributed by atoms with van der Waals surface area (Å²) < 4.78 is 0. The first-order valence-corrected chi connectivity index (χ1v) is 6.17. The molecule has 0 heterocycles. The van der Waals surface area contributed by atoms with Crippen molar-refractivity contribution in [1.29, 1.82) is 0 Å². The summed E-state index contributed by atoms with van der Waals surface area (Å²) in [4.78, 5) is 12.2. The van der Waals surface area contributed by atoms with Gasteiger partial charge >= 0.3 is 0 Å². The smallest absolute Gasteiger partial charge is 0.194 e. The summed E-state index contributed by atoms with van der Waals surface area (Å²) in [5, 5.41) is 1.13. The number of carbonyl (C=O) groups is 1. The first-order valence-electron chi connectivity index (χ1n) is 5.04. The Morgan fingerprint density at radius 1 is 0.944 bits per heavy atom. The number of hydrogen-bond acceptors (Lipinski definition) is 2. The number of rotatable bonds is 2. The lowest BCUT2D eigenvalue weighted by molar-refractivity contribution is 0.103. The van der Waals surface area contributed by atoms with Crippen molar-refractivity contribution in [1.82, 2.24) is 0 Å². The molecule has 18 heavy (non-hydrogen) atoms. The fraction of sp³-hybridized carbons (Fsp3) is 0. The summed E-state index contributed by atoms with van der Waals surface area (Å²) in [6.07, 6.45) is 0. The van der Waals surface area contributed by atoms with Gasteiger partial charge in [0.25, 0.3) is 0 Å². The minimum atomic E-state index is -0.246. The van der Waals surface area contributed by atoms with E-state index in [9.17, 15) is 4.79 Å². The monoisotopic (exact) mass is 299 g/mol. The third-order valence-electron chi connectivity index (χ3n) is 2.44. The van der Waals surface area contributed by atoms with Gasteiger partial charge in [-0.25, -0.2) is 0 Å². The van der Waals surface area contributed by atoms with Crippen molar-refractivity contribution in [3.63, 3.8) is 0 Å². The second-order valence-corrected chi connectivity index (χ2v) is 4.94. The van der Waals surface area contributed by atoms with E-state index in [4.69, 9.17) is 40.5 Å². The molecule has 0 spiro atoms. The molecule has 2 aromatic rings. The zero-order chi connectivity index (χ0) is 13.3. The van der Waals surface area contributed by atoms with Gasteiger partial charge in [-0.15, -0.1) is 0 Å². The van der Waals surface area contributed by atoms with E-state index in [0.29, 0.717) is 31.9 Å². The molecule has 0 amide bonds. The van der Waals surface area contributed by atoms with Crippen LogP contribution >= 0.6 is 34.8 Å². The van der Waals surface area contributed by atoms with Crippen LogP contribution in [0, 0.1) is 0 Å². The number of hydrogen-bond donors (Lipinski definition) is 1. The molecule has 0 unspecified atom stereocenters. The Morgan fingerprint density at radius 3 is 2.33 bits per heavy atom. The van der Waals surface area contributed by atoms with Crippen molar-refractivity contribution in [2.24, 2.45) is 0 Å². The maximum Gasteiger partial charge on any atom is 0.194 e. The van der Waals surface area contributed by atoms with Crippen molar-refractivity contribution in [2.45, 2.75) is 0 Å². The van der Waals surface area contributed by atoms with Gasteiger partial charge in [0.15, 0.2) is 5.78 Å². The van der Waals surface area contributed by atoms with Gasteiger partial charge in [0.05, 0.1) is 15.7 Å². The number of ketones is 1. The molecule has 0 fully saturated rings. The average Bonchev–Trinajstić information content (AvgIpc) is 2.35. The maximum atomic E-state index is 12.2. The normalized spacial score (nSPS) is 10.4. The summed E-state index contributed by atoms with van der Waals surface area (Å²) >= 11 is 17.7. The van der Waals surface area contributed by atoms with Crippen molar-refractivity contribution < 1.29 is 4.79 Å². The highest BCUT2D eigenvalue weighted by Gasteiger charge is 2.14. The van der Waals surface area contributed by atoms with Crippen molar-refractivity contribution in [3.8, 4) is 0 Å². The van der Waals surface area contributed by atoms with Crippen LogP contribution in [-0.2, 0) is 0 Å². The molecular formula is C13H8Cl3NO.